The molecule has 1 aromatic rings. The van der Waals surface area contributed by atoms with Crippen molar-refractivity contribution < 1.29 is 27.5 Å². The summed E-state index contributed by atoms with van der Waals surface area (Å²) in [6.45, 7) is 0. The van der Waals surface area contributed by atoms with Crippen molar-refractivity contribution in [3.8, 4) is 0 Å². The minimum Gasteiger partial charge on any atom is -0.459 e. The molecule has 3 rings (SSSR count). The number of aliphatic hydroxyl groups is 1. The van der Waals surface area contributed by atoms with Gasteiger partial charge in [-0.05, 0) is 31.4 Å². The maximum absolute atomic E-state index is 13.4. The summed E-state index contributed by atoms with van der Waals surface area (Å²) in [7, 11) is 0. The van der Waals surface area contributed by atoms with E-state index < -0.39 is 23.7 Å². The molecule has 0 radical (unpaired) electrons. The van der Waals surface area contributed by atoms with Crippen LogP contribution in [0.1, 0.15) is 36.2 Å². The van der Waals surface area contributed by atoms with Gasteiger partial charge in [-0.3, -0.25) is 4.79 Å². The van der Waals surface area contributed by atoms with E-state index in [-0.39, 0.29) is 22.9 Å². The molecule has 0 aromatic carbocycles. The Morgan fingerprint density at radius 3 is 2.86 bits per heavy atom. The van der Waals surface area contributed by atoms with Crippen LogP contribution in [0.2, 0.25) is 0 Å². The molecule has 1 N–H and O–H groups in total. The minimum atomic E-state index is -5.00. The van der Waals surface area contributed by atoms with Crippen LogP contribution < -0.4 is 0 Å². The summed E-state index contributed by atoms with van der Waals surface area (Å²) in [6.07, 6.45) is -2.06. The summed E-state index contributed by atoms with van der Waals surface area (Å²) in [4.78, 5) is 12.2. The topological polar surface area (TPSA) is 66.0 Å². The first-order chi connectivity index (χ1) is 9.85. The molecule has 2 unspecified atom stereocenters. The summed E-state index contributed by atoms with van der Waals surface area (Å²) in [5, 5.41) is 14.2. The number of halogens is 3. The molecule has 2 atom stereocenters. The molecule has 0 spiro atoms. The van der Waals surface area contributed by atoms with E-state index in [1.807, 2.05) is 0 Å². The van der Waals surface area contributed by atoms with Crippen LogP contribution in [0.25, 0.3) is 0 Å². The van der Waals surface area contributed by atoms with Crippen LogP contribution in [-0.4, -0.2) is 33.6 Å². The van der Waals surface area contributed by atoms with Crippen molar-refractivity contribution in [2.24, 2.45) is 11.0 Å². The Bertz CT molecular complexity index is 582. The van der Waals surface area contributed by atoms with Crippen LogP contribution in [0.15, 0.2) is 27.9 Å². The van der Waals surface area contributed by atoms with Crippen LogP contribution in [0, 0.1) is 5.92 Å². The maximum atomic E-state index is 13.4. The highest BCUT2D eigenvalue weighted by atomic mass is 19.4. The number of hydrogen-bond acceptors (Lipinski definition) is 4. The SMILES string of the molecule is O=C(c1ccco1)N1N=C2CCCCC2C1(O)C(F)(F)F. The number of amides is 1. The Kier molecular flexibility index (Phi) is 3.09. The van der Waals surface area contributed by atoms with E-state index in [9.17, 15) is 23.1 Å². The number of carbonyl (C=O) groups excluding carboxylic acids is 1. The molecular weight excluding hydrogens is 289 g/mol. The summed E-state index contributed by atoms with van der Waals surface area (Å²) in [5.74, 6) is -2.59. The average molecular weight is 302 g/mol. The van der Waals surface area contributed by atoms with Crippen molar-refractivity contribution in [1.82, 2.24) is 5.01 Å². The first-order valence-electron chi connectivity index (χ1n) is 6.60. The number of furan rings is 1. The van der Waals surface area contributed by atoms with Crippen molar-refractivity contribution >= 4 is 11.6 Å². The van der Waals surface area contributed by atoms with Crippen molar-refractivity contribution in [3.05, 3.63) is 24.2 Å². The lowest BCUT2D eigenvalue weighted by Crippen LogP contribution is -2.61. The summed E-state index contributed by atoms with van der Waals surface area (Å²) in [6, 6.07) is 2.62. The van der Waals surface area contributed by atoms with Crippen LogP contribution in [0.4, 0.5) is 13.2 Å². The monoisotopic (exact) mass is 302 g/mol. The Morgan fingerprint density at radius 2 is 2.24 bits per heavy atom. The highest BCUT2D eigenvalue weighted by Gasteiger charge is 2.68. The largest absolute Gasteiger partial charge is 0.459 e. The molecule has 8 heteroatoms. The minimum absolute atomic E-state index is 0.136. The molecule has 0 saturated heterocycles. The van der Waals surface area contributed by atoms with E-state index in [4.69, 9.17) is 4.42 Å². The summed E-state index contributed by atoms with van der Waals surface area (Å²) >= 11 is 0. The summed E-state index contributed by atoms with van der Waals surface area (Å²) < 4.78 is 45.1. The molecule has 1 aliphatic carbocycles. The number of fused-ring (bicyclic) bond motifs is 1. The Balaban J connectivity index is 2.04. The van der Waals surface area contributed by atoms with Crippen molar-refractivity contribution in [2.75, 3.05) is 0 Å². The molecule has 5 nitrogen and oxygen atoms in total. The lowest BCUT2D eigenvalue weighted by molar-refractivity contribution is -0.312. The smallest absolute Gasteiger partial charge is 0.439 e. The Morgan fingerprint density at radius 1 is 1.48 bits per heavy atom. The highest BCUT2D eigenvalue weighted by molar-refractivity contribution is 5.97. The van der Waals surface area contributed by atoms with Gasteiger partial charge in [-0.15, -0.1) is 0 Å². The van der Waals surface area contributed by atoms with Crippen LogP contribution in [0.3, 0.4) is 0 Å². The van der Waals surface area contributed by atoms with Gasteiger partial charge in [-0.25, -0.2) is 0 Å². The molecule has 21 heavy (non-hydrogen) atoms. The number of hydrazone groups is 1. The first kappa shape index (κ1) is 14.1. The zero-order valence-corrected chi connectivity index (χ0v) is 10.9. The quantitative estimate of drug-likeness (QED) is 0.867. The maximum Gasteiger partial charge on any atom is 0.439 e. The van der Waals surface area contributed by atoms with Gasteiger partial charge in [0.2, 0.25) is 0 Å². The van der Waals surface area contributed by atoms with Crippen molar-refractivity contribution in [1.29, 1.82) is 0 Å². The van der Waals surface area contributed by atoms with Gasteiger partial charge in [-0.2, -0.15) is 23.3 Å². The third-order valence-corrected chi connectivity index (χ3v) is 3.96. The zero-order chi connectivity index (χ0) is 15.3. The number of nitrogens with zero attached hydrogens (tertiary/aromatic N) is 2. The normalized spacial score (nSPS) is 29.2. The Labute approximate surface area is 118 Å². The van der Waals surface area contributed by atoms with Gasteiger partial charge in [0.25, 0.3) is 5.72 Å². The average Bonchev–Trinajstić information content (AvgIpc) is 3.05. The number of hydrogen-bond donors (Lipinski definition) is 1. The van der Waals surface area contributed by atoms with Gasteiger partial charge >= 0.3 is 12.1 Å². The second-order valence-corrected chi connectivity index (χ2v) is 5.21. The third-order valence-electron chi connectivity index (χ3n) is 3.96. The third kappa shape index (κ3) is 1.97. The highest BCUT2D eigenvalue weighted by Crippen LogP contribution is 2.48. The van der Waals surface area contributed by atoms with E-state index in [2.05, 4.69) is 5.10 Å². The molecule has 0 bridgehead atoms. The lowest BCUT2D eigenvalue weighted by atomic mass is 9.80. The standard InChI is InChI=1S/C13H13F3N2O3/c14-13(15,16)12(20)8-4-1-2-5-9(8)17-18(12)11(19)10-6-3-7-21-10/h3,6-8,20H,1-2,4-5H2. The zero-order valence-electron chi connectivity index (χ0n) is 10.9. The molecule has 114 valence electrons. The molecule has 1 aromatic heterocycles. The fourth-order valence-electron chi connectivity index (χ4n) is 2.92. The fourth-order valence-corrected chi connectivity index (χ4v) is 2.92. The molecule has 1 saturated carbocycles. The second-order valence-electron chi connectivity index (χ2n) is 5.21. The Hall–Kier alpha value is -1.83. The number of rotatable bonds is 1. The van der Waals surface area contributed by atoms with Gasteiger partial charge in [0, 0.05) is 5.71 Å². The van der Waals surface area contributed by atoms with E-state index in [0.717, 1.165) is 0 Å². The molecule has 2 aliphatic rings. The molecule has 1 fully saturated rings. The predicted octanol–water partition coefficient (Wildman–Crippen LogP) is 2.53. The van der Waals surface area contributed by atoms with E-state index in [1.54, 1.807) is 0 Å². The van der Waals surface area contributed by atoms with E-state index in [1.165, 1.54) is 18.4 Å². The van der Waals surface area contributed by atoms with Crippen LogP contribution in [0.5, 0.6) is 0 Å². The predicted molar refractivity (Wildman–Crippen MR) is 65.3 cm³/mol. The molecule has 2 heterocycles. The number of alkyl halides is 3. The van der Waals surface area contributed by atoms with Gasteiger partial charge < -0.3 is 9.52 Å². The fraction of sp³-hybridized carbons (Fsp3) is 0.538. The van der Waals surface area contributed by atoms with Gasteiger partial charge in [0.05, 0.1) is 12.2 Å². The second kappa shape index (κ2) is 4.59. The van der Waals surface area contributed by atoms with Crippen LogP contribution >= 0.6 is 0 Å². The van der Waals surface area contributed by atoms with E-state index >= 15 is 0 Å². The van der Waals surface area contributed by atoms with Crippen LogP contribution in [-0.2, 0) is 0 Å². The van der Waals surface area contributed by atoms with E-state index in [0.29, 0.717) is 19.3 Å². The first-order valence-corrected chi connectivity index (χ1v) is 6.60. The molecular formula is C13H13F3N2O3. The number of carbonyl (C=O) groups is 1. The van der Waals surface area contributed by atoms with Gasteiger partial charge in [-0.1, -0.05) is 6.42 Å². The van der Waals surface area contributed by atoms with Crippen molar-refractivity contribution in [2.45, 2.75) is 37.6 Å². The summed E-state index contributed by atoms with van der Waals surface area (Å²) in [5.41, 5.74) is -3.08. The van der Waals surface area contributed by atoms with Gasteiger partial charge in [0.15, 0.2) is 5.76 Å². The van der Waals surface area contributed by atoms with Gasteiger partial charge in [0.1, 0.15) is 0 Å². The lowest BCUT2D eigenvalue weighted by Gasteiger charge is -2.37. The molecule has 1 aliphatic heterocycles. The molecule has 1 amide bonds. The van der Waals surface area contributed by atoms with Crippen molar-refractivity contribution in [3.63, 3.8) is 0 Å².